The fourth-order valence-electron chi connectivity index (χ4n) is 1.91. The lowest BCUT2D eigenvalue weighted by Crippen LogP contribution is -2.00. The standard InChI is InChI=1S/C13H11Cl2N3/c14-8-3-4-9(11(15)5-8)13-17-6-10(7-1-2-7)12(16)18-13/h3-7H,1-2H2,(H2,16,17,18). The zero-order valence-electron chi connectivity index (χ0n) is 9.53. The Morgan fingerprint density at radius 2 is 2.00 bits per heavy atom. The molecule has 0 atom stereocenters. The van der Waals surface area contributed by atoms with Crippen LogP contribution in [0, 0.1) is 0 Å². The van der Waals surface area contributed by atoms with Gasteiger partial charge in [0.2, 0.25) is 0 Å². The van der Waals surface area contributed by atoms with E-state index in [1.165, 1.54) is 12.8 Å². The Balaban J connectivity index is 2.03. The highest BCUT2D eigenvalue weighted by atomic mass is 35.5. The topological polar surface area (TPSA) is 51.8 Å². The lowest BCUT2D eigenvalue weighted by molar-refractivity contribution is 1.05. The van der Waals surface area contributed by atoms with E-state index in [1.807, 2.05) is 0 Å². The van der Waals surface area contributed by atoms with Crippen LogP contribution in [0.2, 0.25) is 10.0 Å². The maximum absolute atomic E-state index is 6.13. The number of nitrogen functional groups attached to an aromatic ring is 1. The van der Waals surface area contributed by atoms with E-state index < -0.39 is 0 Å². The van der Waals surface area contributed by atoms with Crippen molar-refractivity contribution in [2.45, 2.75) is 18.8 Å². The summed E-state index contributed by atoms with van der Waals surface area (Å²) in [5.41, 5.74) is 7.75. The first kappa shape index (κ1) is 11.8. The van der Waals surface area contributed by atoms with Crippen LogP contribution in [0.4, 0.5) is 5.82 Å². The molecule has 5 heteroatoms. The van der Waals surface area contributed by atoms with Gasteiger partial charge in [-0.1, -0.05) is 23.2 Å². The Kier molecular flexibility index (Phi) is 2.88. The smallest absolute Gasteiger partial charge is 0.163 e. The molecule has 0 spiro atoms. The fourth-order valence-corrected chi connectivity index (χ4v) is 2.41. The van der Waals surface area contributed by atoms with Crippen LogP contribution in [0.25, 0.3) is 11.4 Å². The molecule has 0 saturated heterocycles. The van der Waals surface area contributed by atoms with E-state index in [0.717, 1.165) is 11.1 Å². The highest BCUT2D eigenvalue weighted by Crippen LogP contribution is 2.42. The van der Waals surface area contributed by atoms with Crippen LogP contribution in [0.3, 0.4) is 0 Å². The molecule has 18 heavy (non-hydrogen) atoms. The number of aromatic nitrogens is 2. The van der Waals surface area contributed by atoms with Gasteiger partial charge >= 0.3 is 0 Å². The zero-order chi connectivity index (χ0) is 12.7. The van der Waals surface area contributed by atoms with Crippen molar-refractivity contribution in [1.29, 1.82) is 0 Å². The Morgan fingerprint density at radius 1 is 1.22 bits per heavy atom. The molecular formula is C13H11Cl2N3. The van der Waals surface area contributed by atoms with E-state index in [4.69, 9.17) is 28.9 Å². The average Bonchev–Trinajstić information content (AvgIpc) is 3.13. The fraction of sp³-hybridized carbons (Fsp3) is 0.231. The molecule has 1 aromatic heterocycles. The zero-order valence-corrected chi connectivity index (χ0v) is 11.0. The van der Waals surface area contributed by atoms with Gasteiger partial charge < -0.3 is 5.73 Å². The molecule has 0 amide bonds. The first-order valence-electron chi connectivity index (χ1n) is 5.73. The number of rotatable bonds is 2. The first-order chi connectivity index (χ1) is 8.65. The minimum Gasteiger partial charge on any atom is -0.383 e. The van der Waals surface area contributed by atoms with Crippen LogP contribution in [0.1, 0.15) is 24.3 Å². The van der Waals surface area contributed by atoms with Crippen molar-refractivity contribution >= 4 is 29.0 Å². The lowest BCUT2D eigenvalue weighted by atomic mass is 10.1. The van der Waals surface area contributed by atoms with Crippen LogP contribution in [0.5, 0.6) is 0 Å². The summed E-state index contributed by atoms with van der Waals surface area (Å²) in [6.07, 6.45) is 4.16. The highest BCUT2D eigenvalue weighted by molar-refractivity contribution is 6.36. The number of hydrogen-bond acceptors (Lipinski definition) is 3. The van der Waals surface area contributed by atoms with E-state index in [1.54, 1.807) is 24.4 Å². The number of halogens is 2. The third-order valence-corrected chi connectivity index (χ3v) is 3.59. The molecule has 1 aromatic carbocycles. The Labute approximate surface area is 115 Å². The molecule has 1 heterocycles. The molecule has 3 nitrogen and oxygen atoms in total. The molecule has 1 saturated carbocycles. The second-order valence-electron chi connectivity index (χ2n) is 4.43. The predicted octanol–water partition coefficient (Wildman–Crippen LogP) is 3.91. The van der Waals surface area contributed by atoms with Gasteiger partial charge in [-0.25, -0.2) is 9.97 Å². The lowest BCUT2D eigenvalue weighted by Gasteiger charge is -2.07. The van der Waals surface area contributed by atoms with Crippen molar-refractivity contribution < 1.29 is 0 Å². The molecular weight excluding hydrogens is 269 g/mol. The number of benzene rings is 1. The quantitative estimate of drug-likeness (QED) is 0.907. The third kappa shape index (κ3) is 2.16. The van der Waals surface area contributed by atoms with Gasteiger partial charge in [0, 0.05) is 22.3 Å². The first-order valence-corrected chi connectivity index (χ1v) is 6.48. The van der Waals surface area contributed by atoms with E-state index in [9.17, 15) is 0 Å². The van der Waals surface area contributed by atoms with Crippen molar-refractivity contribution in [1.82, 2.24) is 9.97 Å². The summed E-state index contributed by atoms with van der Waals surface area (Å²) < 4.78 is 0. The molecule has 1 fully saturated rings. The Hall–Kier alpha value is -1.32. The van der Waals surface area contributed by atoms with E-state index >= 15 is 0 Å². The Bertz CT molecular complexity index is 609. The molecule has 2 aromatic rings. The highest BCUT2D eigenvalue weighted by Gasteiger charge is 2.26. The third-order valence-electron chi connectivity index (χ3n) is 3.04. The van der Waals surface area contributed by atoms with Gasteiger partial charge in [0.25, 0.3) is 0 Å². The van der Waals surface area contributed by atoms with Crippen molar-refractivity contribution in [2.24, 2.45) is 0 Å². The van der Waals surface area contributed by atoms with Gasteiger partial charge in [-0.3, -0.25) is 0 Å². The molecule has 1 aliphatic carbocycles. The number of nitrogens with zero attached hydrogens (tertiary/aromatic N) is 2. The van der Waals surface area contributed by atoms with Gasteiger partial charge in [0.05, 0.1) is 5.02 Å². The maximum Gasteiger partial charge on any atom is 0.163 e. The summed E-state index contributed by atoms with van der Waals surface area (Å²) in [7, 11) is 0. The number of nitrogens with two attached hydrogens (primary N) is 1. The summed E-state index contributed by atoms with van der Waals surface area (Å²) in [6.45, 7) is 0. The van der Waals surface area contributed by atoms with Crippen LogP contribution in [-0.4, -0.2) is 9.97 Å². The minimum absolute atomic E-state index is 0.529. The van der Waals surface area contributed by atoms with Crippen molar-refractivity contribution in [3.8, 4) is 11.4 Å². The molecule has 2 N–H and O–H groups in total. The number of hydrogen-bond donors (Lipinski definition) is 1. The summed E-state index contributed by atoms with van der Waals surface area (Å²) in [5.74, 6) is 1.63. The van der Waals surface area contributed by atoms with Crippen LogP contribution < -0.4 is 5.73 Å². The second-order valence-corrected chi connectivity index (χ2v) is 5.28. The average molecular weight is 280 g/mol. The van der Waals surface area contributed by atoms with Gasteiger partial charge in [0.15, 0.2) is 5.82 Å². The second kappa shape index (κ2) is 4.41. The summed E-state index contributed by atoms with van der Waals surface area (Å²) in [6, 6.07) is 5.24. The monoisotopic (exact) mass is 279 g/mol. The number of anilines is 1. The van der Waals surface area contributed by atoms with Crippen LogP contribution >= 0.6 is 23.2 Å². The normalized spacial score (nSPS) is 14.8. The predicted molar refractivity (Wildman–Crippen MR) is 73.9 cm³/mol. The molecule has 0 bridgehead atoms. The van der Waals surface area contributed by atoms with Crippen molar-refractivity contribution in [2.75, 3.05) is 5.73 Å². The minimum atomic E-state index is 0.529. The molecule has 0 unspecified atom stereocenters. The van der Waals surface area contributed by atoms with Crippen LogP contribution in [-0.2, 0) is 0 Å². The van der Waals surface area contributed by atoms with E-state index in [0.29, 0.717) is 27.6 Å². The van der Waals surface area contributed by atoms with Gasteiger partial charge in [0.1, 0.15) is 5.82 Å². The maximum atomic E-state index is 6.13. The molecule has 1 aliphatic rings. The van der Waals surface area contributed by atoms with Crippen molar-refractivity contribution in [3.63, 3.8) is 0 Å². The van der Waals surface area contributed by atoms with E-state index in [-0.39, 0.29) is 0 Å². The van der Waals surface area contributed by atoms with E-state index in [2.05, 4.69) is 9.97 Å². The molecule has 0 radical (unpaired) electrons. The van der Waals surface area contributed by atoms with Crippen LogP contribution in [0.15, 0.2) is 24.4 Å². The van der Waals surface area contributed by atoms with Gasteiger partial charge in [-0.05, 0) is 37.0 Å². The van der Waals surface area contributed by atoms with Crippen molar-refractivity contribution in [3.05, 3.63) is 40.0 Å². The summed E-state index contributed by atoms with van der Waals surface area (Å²) >= 11 is 12.0. The Morgan fingerprint density at radius 3 is 2.61 bits per heavy atom. The summed E-state index contributed by atoms with van der Waals surface area (Å²) in [5, 5.41) is 1.12. The molecule has 92 valence electrons. The molecule has 3 rings (SSSR count). The van der Waals surface area contributed by atoms with Gasteiger partial charge in [-0.15, -0.1) is 0 Å². The molecule has 0 aliphatic heterocycles. The largest absolute Gasteiger partial charge is 0.383 e. The SMILES string of the molecule is Nc1nc(-c2ccc(Cl)cc2Cl)ncc1C1CC1. The van der Waals surface area contributed by atoms with Gasteiger partial charge in [-0.2, -0.15) is 0 Å². The summed E-state index contributed by atoms with van der Waals surface area (Å²) in [4.78, 5) is 8.68.